The minimum atomic E-state index is -0.666. The predicted octanol–water partition coefficient (Wildman–Crippen LogP) is 2.75. The zero-order valence-electron chi connectivity index (χ0n) is 15.2. The van der Waals surface area contributed by atoms with Gasteiger partial charge in [-0.2, -0.15) is 4.68 Å². The van der Waals surface area contributed by atoms with Crippen LogP contribution in [0.2, 0.25) is 0 Å². The van der Waals surface area contributed by atoms with Gasteiger partial charge in [0.05, 0.1) is 12.7 Å². The molecule has 1 unspecified atom stereocenters. The number of carbonyl (C=O) groups is 1. The molecule has 28 heavy (non-hydrogen) atoms. The van der Waals surface area contributed by atoms with E-state index in [2.05, 4.69) is 26.2 Å². The molecule has 0 radical (unpaired) electrons. The van der Waals surface area contributed by atoms with Gasteiger partial charge in [0.15, 0.2) is 0 Å². The van der Waals surface area contributed by atoms with Crippen LogP contribution in [0.4, 0.5) is 16.0 Å². The molecule has 1 aliphatic rings. The summed E-state index contributed by atoms with van der Waals surface area (Å²) in [5.74, 6) is 0.320. The number of allylic oxidation sites excluding steroid dienone is 1. The molecule has 4 rings (SSSR count). The summed E-state index contributed by atoms with van der Waals surface area (Å²) in [6.45, 7) is 1.76. The van der Waals surface area contributed by atoms with E-state index in [9.17, 15) is 9.18 Å². The van der Waals surface area contributed by atoms with Crippen LogP contribution in [0.1, 0.15) is 18.5 Å². The van der Waals surface area contributed by atoms with Gasteiger partial charge in [-0.1, -0.05) is 17.2 Å². The molecule has 142 valence electrons. The normalized spacial score (nSPS) is 15.6. The van der Waals surface area contributed by atoms with Gasteiger partial charge in [0, 0.05) is 11.4 Å². The fourth-order valence-electron chi connectivity index (χ4n) is 3.16. The molecule has 1 aromatic heterocycles. The average molecular weight is 380 g/mol. The van der Waals surface area contributed by atoms with Crippen LogP contribution in [-0.4, -0.2) is 33.2 Å². The number of aromatic nitrogens is 4. The maximum atomic E-state index is 13.9. The molecule has 1 amide bonds. The van der Waals surface area contributed by atoms with Crippen molar-refractivity contribution in [2.45, 2.75) is 13.0 Å². The van der Waals surface area contributed by atoms with E-state index in [-0.39, 0.29) is 5.91 Å². The first kappa shape index (κ1) is 17.7. The number of halogens is 1. The molecule has 0 spiro atoms. The lowest BCUT2D eigenvalue weighted by molar-refractivity contribution is -0.113. The van der Waals surface area contributed by atoms with Gasteiger partial charge in [0.25, 0.3) is 5.91 Å². The van der Waals surface area contributed by atoms with Crippen LogP contribution in [-0.2, 0) is 4.79 Å². The number of nitrogens with one attached hydrogen (secondary N) is 2. The number of hydrogen-bond acceptors (Lipinski definition) is 6. The third-order valence-corrected chi connectivity index (χ3v) is 4.47. The van der Waals surface area contributed by atoms with E-state index < -0.39 is 11.9 Å². The number of methoxy groups -OCH3 is 1. The Bertz CT molecular complexity index is 1060. The number of anilines is 2. The second-order valence-corrected chi connectivity index (χ2v) is 6.25. The number of benzene rings is 2. The molecule has 0 bridgehead atoms. The highest BCUT2D eigenvalue weighted by Crippen LogP contribution is 2.35. The average Bonchev–Trinajstić information content (AvgIpc) is 3.15. The Balaban J connectivity index is 1.72. The smallest absolute Gasteiger partial charge is 0.255 e. The number of rotatable bonds is 4. The Morgan fingerprint density at radius 2 is 2.04 bits per heavy atom. The van der Waals surface area contributed by atoms with E-state index in [1.807, 2.05) is 0 Å². The number of carbonyl (C=O) groups excluding carboxylic acids is 1. The second kappa shape index (κ2) is 7.10. The Morgan fingerprint density at radius 3 is 2.75 bits per heavy atom. The van der Waals surface area contributed by atoms with Crippen LogP contribution >= 0.6 is 0 Å². The van der Waals surface area contributed by atoms with Crippen molar-refractivity contribution in [1.82, 2.24) is 20.2 Å². The maximum absolute atomic E-state index is 13.9. The van der Waals surface area contributed by atoms with Gasteiger partial charge in [-0.3, -0.25) is 4.79 Å². The quantitative estimate of drug-likeness (QED) is 0.723. The number of tetrazole rings is 1. The molecule has 2 N–H and O–H groups in total. The fraction of sp³-hybridized carbons (Fsp3) is 0.158. The summed E-state index contributed by atoms with van der Waals surface area (Å²) in [5, 5.41) is 17.5. The maximum Gasteiger partial charge on any atom is 0.255 e. The highest BCUT2D eigenvalue weighted by molar-refractivity contribution is 6.06. The summed E-state index contributed by atoms with van der Waals surface area (Å²) in [5.41, 5.74) is 2.14. The summed E-state index contributed by atoms with van der Waals surface area (Å²) in [6.07, 6.45) is 0. The number of fused-ring (bicyclic) bond motifs is 1. The number of ether oxygens (including phenoxy) is 1. The Hall–Kier alpha value is -3.75. The predicted molar refractivity (Wildman–Crippen MR) is 100 cm³/mol. The molecule has 9 heteroatoms. The van der Waals surface area contributed by atoms with Gasteiger partial charge in [0.1, 0.15) is 17.6 Å². The number of hydrogen-bond donors (Lipinski definition) is 2. The van der Waals surface area contributed by atoms with Crippen molar-refractivity contribution in [1.29, 1.82) is 0 Å². The van der Waals surface area contributed by atoms with Crippen molar-refractivity contribution >= 4 is 17.5 Å². The van der Waals surface area contributed by atoms with Crippen LogP contribution in [0.5, 0.6) is 5.75 Å². The molecule has 0 saturated carbocycles. The molecular formula is C19H17FN6O2. The molecule has 1 aliphatic heterocycles. The molecule has 8 nitrogen and oxygen atoms in total. The lowest BCUT2D eigenvalue weighted by Crippen LogP contribution is -2.31. The van der Waals surface area contributed by atoms with Gasteiger partial charge < -0.3 is 15.4 Å². The molecular weight excluding hydrogens is 363 g/mol. The van der Waals surface area contributed by atoms with Crippen molar-refractivity contribution in [2.75, 3.05) is 17.7 Å². The molecule has 2 heterocycles. The number of nitrogens with zero attached hydrogens (tertiary/aromatic N) is 4. The monoisotopic (exact) mass is 380 g/mol. The Labute approximate surface area is 160 Å². The minimum absolute atomic E-state index is 0.342. The van der Waals surface area contributed by atoms with Gasteiger partial charge in [-0.15, -0.1) is 0 Å². The summed E-state index contributed by atoms with van der Waals surface area (Å²) in [4.78, 5) is 13.1. The Kier molecular flexibility index (Phi) is 4.48. The first-order valence-electron chi connectivity index (χ1n) is 8.53. The molecule has 1 atom stereocenters. The van der Waals surface area contributed by atoms with E-state index in [0.29, 0.717) is 34.2 Å². The third kappa shape index (κ3) is 3.18. The van der Waals surface area contributed by atoms with E-state index in [1.54, 1.807) is 50.4 Å². The summed E-state index contributed by atoms with van der Waals surface area (Å²) < 4.78 is 20.5. The zero-order valence-corrected chi connectivity index (χ0v) is 15.2. The van der Waals surface area contributed by atoms with Gasteiger partial charge in [-0.25, -0.2) is 4.39 Å². The molecule has 0 fully saturated rings. The van der Waals surface area contributed by atoms with Gasteiger partial charge in [0.2, 0.25) is 5.95 Å². The SMILES string of the molecule is COc1ccc(NC(=O)C2=C(C)Nc3nnnn3C2c2cccc(F)c2)cc1. The third-order valence-electron chi connectivity index (χ3n) is 4.47. The van der Waals surface area contributed by atoms with E-state index in [4.69, 9.17) is 4.74 Å². The molecule has 3 aromatic rings. The van der Waals surface area contributed by atoms with Crippen molar-refractivity contribution in [3.63, 3.8) is 0 Å². The van der Waals surface area contributed by atoms with Gasteiger partial charge >= 0.3 is 0 Å². The van der Waals surface area contributed by atoms with Crippen molar-refractivity contribution in [3.8, 4) is 5.75 Å². The van der Waals surface area contributed by atoms with E-state index in [1.165, 1.54) is 16.8 Å². The lowest BCUT2D eigenvalue weighted by Gasteiger charge is -2.28. The van der Waals surface area contributed by atoms with Crippen molar-refractivity contribution in [2.24, 2.45) is 0 Å². The molecule has 0 saturated heterocycles. The largest absolute Gasteiger partial charge is 0.497 e. The van der Waals surface area contributed by atoms with Crippen LogP contribution in [0.25, 0.3) is 0 Å². The van der Waals surface area contributed by atoms with Crippen LogP contribution < -0.4 is 15.4 Å². The topological polar surface area (TPSA) is 94.0 Å². The van der Waals surface area contributed by atoms with Crippen LogP contribution in [0.15, 0.2) is 59.8 Å². The molecule has 2 aromatic carbocycles. The first-order chi connectivity index (χ1) is 13.6. The lowest BCUT2D eigenvalue weighted by atomic mass is 9.95. The summed E-state index contributed by atoms with van der Waals surface area (Å²) in [7, 11) is 1.57. The molecule has 0 aliphatic carbocycles. The first-order valence-corrected chi connectivity index (χ1v) is 8.53. The van der Waals surface area contributed by atoms with Crippen molar-refractivity contribution < 1.29 is 13.9 Å². The van der Waals surface area contributed by atoms with E-state index >= 15 is 0 Å². The highest BCUT2D eigenvalue weighted by Gasteiger charge is 2.34. The van der Waals surface area contributed by atoms with Crippen molar-refractivity contribution in [3.05, 3.63) is 71.2 Å². The fourth-order valence-corrected chi connectivity index (χ4v) is 3.16. The Morgan fingerprint density at radius 1 is 1.25 bits per heavy atom. The van der Waals surface area contributed by atoms with Crippen LogP contribution in [0, 0.1) is 5.82 Å². The van der Waals surface area contributed by atoms with E-state index in [0.717, 1.165) is 0 Å². The number of amides is 1. The zero-order chi connectivity index (χ0) is 19.7. The summed E-state index contributed by atoms with van der Waals surface area (Å²) in [6, 6.07) is 12.3. The second-order valence-electron chi connectivity index (χ2n) is 6.25. The standard InChI is InChI=1S/C19H17FN6O2/c1-11-16(18(27)22-14-6-8-15(28-2)9-7-14)17(12-4-3-5-13(20)10-12)26-19(21-11)23-24-25-26/h3-10,17H,1-2H3,(H,22,27)(H,21,23,25). The van der Waals surface area contributed by atoms with Gasteiger partial charge in [-0.05, 0) is 59.3 Å². The summed E-state index contributed by atoms with van der Waals surface area (Å²) >= 11 is 0. The van der Waals surface area contributed by atoms with Crippen LogP contribution in [0.3, 0.4) is 0 Å². The minimum Gasteiger partial charge on any atom is -0.497 e. The highest BCUT2D eigenvalue weighted by atomic mass is 19.1.